The fourth-order valence-corrected chi connectivity index (χ4v) is 3.25. The van der Waals surface area contributed by atoms with Gasteiger partial charge in [0.2, 0.25) is 10.0 Å². The lowest BCUT2D eigenvalue weighted by molar-refractivity contribution is -0.385. The largest absolute Gasteiger partial charge is 0.322 e. The third-order valence-corrected chi connectivity index (χ3v) is 4.95. The normalized spacial score (nSPS) is 11.1. The molecule has 0 fully saturated rings. The van der Waals surface area contributed by atoms with Crippen LogP contribution in [0.15, 0.2) is 47.4 Å². The van der Waals surface area contributed by atoms with Gasteiger partial charge in [-0.05, 0) is 31.2 Å². The quantitative estimate of drug-likeness (QED) is 0.604. The number of benzene rings is 2. The van der Waals surface area contributed by atoms with E-state index >= 15 is 0 Å². The van der Waals surface area contributed by atoms with Crippen molar-refractivity contribution in [1.82, 2.24) is 4.72 Å². The molecule has 0 saturated heterocycles. The lowest BCUT2D eigenvalue weighted by Gasteiger charge is -2.08. The number of nitro benzene ring substituents is 1. The molecule has 2 rings (SSSR count). The molecule has 0 radical (unpaired) electrons. The first-order chi connectivity index (χ1) is 11.7. The molecule has 0 saturated carbocycles. The van der Waals surface area contributed by atoms with Gasteiger partial charge < -0.3 is 5.32 Å². The summed E-state index contributed by atoms with van der Waals surface area (Å²) in [5, 5.41) is 13.5. The molecule has 9 heteroatoms. The Morgan fingerprint density at radius 3 is 2.56 bits per heavy atom. The number of nitrogens with one attached hydrogen (secondary N) is 2. The third-order valence-electron chi connectivity index (χ3n) is 3.40. The van der Waals surface area contributed by atoms with E-state index in [4.69, 9.17) is 0 Å². The van der Waals surface area contributed by atoms with Gasteiger partial charge in [0, 0.05) is 29.4 Å². The number of anilines is 1. The van der Waals surface area contributed by atoms with Crippen molar-refractivity contribution in [2.45, 2.75) is 18.7 Å². The summed E-state index contributed by atoms with van der Waals surface area (Å²) in [4.78, 5) is 22.7. The van der Waals surface area contributed by atoms with E-state index in [1.54, 1.807) is 19.9 Å². The van der Waals surface area contributed by atoms with Gasteiger partial charge in [0.05, 0.1) is 9.82 Å². The highest BCUT2D eigenvalue weighted by Crippen LogP contribution is 2.23. The van der Waals surface area contributed by atoms with Crippen LogP contribution in [0, 0.1) is 17.0 Å². The Balaban J connectivity index is 2.28. The van der Waals surface area contributed by atoms with E-state index in [1.807, 2.05) is 0 Å². The van der Waals surface area contributed by atoms with Crippen LogP contribution in [0.5, 0.6) is 0 Å². The summed E-state index contributed by atoms with van der Waals surface area (Å²) in [6, 6.07) is 9.87. The van der Waals surface area contributed by atoms with Gasteiger partial charge in [-0.3, -0.25) is 14.9 Å². The van der Waals surface area contributed by atoms with E-state index in [-0.39, 0.29) is 28.4 Å². The second-order valence-electron chi connectivity index (χ2n) is 5.24. The van der Waals surface area contributed by atoms with E-state index in [0.29, 0.717) is 5.56 Å². The second-order valence-corrected chi connectivity index (χ2v) is 7.01. The van der Waals surface area contributed by atoms with Crippen molar-refractivity contribution in [1.29, 1.82) is 0 Å². The van der Waals surface area contributed by atoms with Crippen LogP contribution in [-0.2, 0) is 10.0 Å². The highest BCUT2D eigenvalue weighted by molar-refractivity contribution is 7.89. The van der Waals surface area contributed by atoms with E-state index < -0.39 is 20.9 Å². The first kappa shape index (κ1) is 18.6. The number of carbonyl (C=O) groups is 1. The van der Waals surface area contributed by atoms with Crippen molar-refractivity contribution in [3.8, 4) is 0 Å². The zero-order chi connectivity index (χ0) is 18.6. The predicted octanol–water partition coefficient (Wildman–Crippen LogP) is 2.45. The molecule has 25 heavy (non-hydrogen) atoms. The number of hydrogen-bond acceptors (Lipinski definition) is 5. The molecule has 0 heterocycles. The molecule has 0 aromatic heterocycles. The summed E-state index contributed by atoms with van der Waals surface area (Å²) >= 11 is 0. The number of sulfonamides is 1. The van der Waals surface area contributed by atoms with Gasteiger partial charge in [0.15, 0.2) is 0 Å². The van der Waals surface area contributed by atoms with Crippen LogP contribution in [-0.4, -0.2) is 25.8 Å². The number of aryl methyl sites for hydroxylation is 1. The molecular weight excluding hydrogens is 346 g/mol. The molecule has 0 aliphatic rings. The van der Waals surface area contributed by atoms with Crippen LogP contribution in [0.1, 0.15) is 22.8 Å². The van der Waals surface area contributed by atoms with E-state index in [1.165, 1.54) is 36.4 Å². The van der Waals surface area contributed by atoms with Crippen molar-refractivity contribution in [3.63, 3.8) is 0 Å². The Morgan fingerprint density at radius 2 is 1.92 bits per heavy atom. The summed E-state index contributed by atoms with van der Waals surface area (Å²) in [5.74, 6) is -0.563. The maximum absolute atomic E-state index is 12.3. The summed E-state index contributed by atoms with van der Waals surface area (Å²) < 4.78 is 26.4. The predicted molar refractivity (Wildman–Crippen MR) is 93.1 cm³/mol. The maximum atomic E-state index is 12.3. The zero-order valence-corrected chi connectivity index (χ0v) is 14.5. The van der Waals surface area contributed by atoms with Gasteiger partial charge in [-0.15, -0.1) is 0 Å². The number of rotatable bonds is 6. The van der Waals surface area contributed by atoms with Crippen molar-refractivity contribution in [2.75, 3.05) is 11.9 Å². The number of amides is 1. The Kier molecular flexibility index (Phi) is 5.50. The Hall–Kier alpha value is -2.78. The van der Waals surface area contributed by atoms with Gasteiger partial charge in [-0.2, -0.15) is 0 Å². The first-order valence-electron chi connectivity index (χ1n) is 7.40. The number of nitrogens with zero attached hydrogens (tertiary/aromatic N) is 1. The van der Waals surface area contributed by atoms with Crippen molar-refractivity contribution < 1.29 is 18.1 Å². The molecule has 0 spiro atoms. The van der Waals surface area contributed by atoms with E-state index in [9.17, 15) is 23.3 Å². The molecule has 1 amide bonds. The van der Waals surface area contributed by atoms with Crippen molar-refractivity contribution in [3.05, 3.63) is 63.7 Å². The second kappa shape index (κ2) is 7.41. The fourth-order valence-electron chi connectivity index (χ4n) is 2.16. The molecule has 132 valence electrons. The summed E-state index contributed by atoms with van der Waals surface area (Å²) in [5.41, 5.74) is 0.743. The monoisotopic (exact) mass is 363 g/mol. The lowest BCUT2D eigenvalue weighted by atomic mass is 10.1. The zero-order valence-electron chi connectivity index (χ0n) is 13.6. The smallest absolute Gasteiger partial charge is 0.274 e. The lowest BCUT2D eigenvalue weighted by Crippen LogP contribution is -2.23. The van der Waals surface area contributed by atoms with E-state index in [2.05, 4.69) is 10.0 Å². The Morgan fingerprint density at radius 1 is 1.20 bits per heavy atom. The fraction of sp³-hybridized carbons (Fsp3) is 0.188. The van der Waals surface area contributed by atoms with Crippen LogP contribution in [0.2, 0.25) is 0 Å². The SMILES string of the molecule is CCNS(=O)(=O)c1cccc(C(=O)Nc2ccc(C)c([N+](=O)[O-])c2)c1. The Bertz CT molecular complexity index is 925. The van der Waals surface area contributed by atoms with Crippen molar-refractivity contribution >= 4 is 27.3 Å². The van der Waals surface area contributed by atoms with Gasteiger partial charge in [-0.25, -0.2) is 13.1 Å². The molecule has 0 aliphatic carbocycles. The van der Waals surface area contributed by atoms with Gasteiger partial charge in [0.1, 0.15) is 0 Å². The van der Waals surface area contributed by atoms with E-state index in [0.717, 1.165) is 0 Å². The van der Waals surface area contributed by atoms with Crippen LogP contribution in [0.3, 0.4) is 0 Å². The van der Waals surface area contributed by atoms with Crippen LogP contribution >= 0.6 is 0 Å². The topological polar surface area (TPSA) is 118 Å². The molecule has 0 atom stereocenters. The molecular formula is C16H17N3O5S. The first-order valence-corrected chi connectivity index (χ1v) is 8.89. The van der Waals surface area contributed by atoms with Gasteiger partial charge >= 0.3 is 0 Å². The van der Waals surface area contributed by atoms with Crippen LogP contribution < -0.4 is 10.0 Å². The standard InChI is InChI=1S/C16H17N3O5S/c1-3-17-25(23,24)14-6-4-5-12(9-14)16(20)18-13-8-7-11(2)15(10-13)19(21)22/h4-10,17H,3H2,1-2H3,(H,18,20). The summed E-state index contributed by atoms with van der Waals surface area (Å²) in [6.45, 7) is 3.48. The molecule has 2 N–H and O–H groups in total. The highest BCUT2D eigenvalue weighted by atomic mass is 32.2. The minimum Gasteiger partial charge on any atom is -0.322 e. The van der Waals surface area contributed by atoms with Crippen LogP contribution in [0.25, 0.3) is 0 Å². The van der Waals surface area contributed by atoms with Gasteiger partial charge in [-0.1, -0.05) is 19.1 Å². The molecule has 8 nitrogen and oxygen atoms in total. The number of nitro groups is 1. The molecule has 2 aromatic rings. The highest BCUT2D eigenvalue weighted by Gasteiger charge is 2.16. The molecule has 0 bridgehead atoms. The van der Waals surface area contributed by atoms with Gasteiger partial charge in [0.25, 0.3) is 11.6 Å². The maximum Gasteiger partial charge on any atom is 0.274 e. The number of hydrogen-bond donors (Lipinski definition) is 2. The average molecular weight is 363 g/mol. The van der Waals surface area contributed by atoms with Crippen molar-refractivity contribution in [2.24, 2.45) is 0 Å². The minimum atomic E-state index is -3.68. The molecule has 0 aliphatic heterocycles. The van der Waals surface area contributed by atoms with Crippen LogP contribution in [0.4, 0.5) is 11.4 Å². The minimum absolute atomic E-state index is 0.0307. The molecule has 0 unspecified atom stereocenters. The average Bonchev–Trinajstić information content (AvgIpc) is 2.56. The summed E-state index contributed by atoms with van der Waals surface area (Å²) in [6.07, 6.45) is 0. The number of carbonyl (C=O) groups excluding carboxylic acids is 1. The molecule has 2 aromatic carbocycles. The third kappa shape index (κ3) is 4.40. The summed E-state index contributed by atoms with van der Waals surface area (Å²) in [7, 11) is -3.68. The Labute approximate surface area is 145 Å².